The van der Waals surface area contributed by atoms with Crippen LogP contribution in [-0.4, -0.2) is 15.7 Å². The van der Waals surface area contributed by atoms with Gasteiger partial charge in [0.05, 0.1) is 0 Å². The molecule has 1 heterocycles. The van der Waals surface area contributed by atoms with E-state index in [-0.39, 0.29) is 5.54 Å². The summed E-state index contributed by atoms with van der Waals surface area (Å²) < 4.78 is 4.94. The van der Waals surface area contributed by atoms with Crippen molar-refractivity contribution in [3.63, 3.8) is 0 Å². The van der Waals surface area contributed by atoms with Crippen LogP contribution in [-0.2, 0) is 6.42 Å². The van der Waals surface area contributed by atoms with Gasteiger partial charge in [0.1, 0.15) is 0 Å². The molecule has 0 bridgehead atoms. The maximum atomic E-state index is 5.80. The molecule has 1 aromatic rings. The van der Waals surface area contributed by atoms with Crippen molar-refractivity contribution in [2.24, 2.45) is 5.73 Å². The van der Waals surface area contributed by atoms with Gasteiger partial charge in [0.25, 0.3) is 0 Å². The van der Waals surface area contributed by atoms with E-state index in [1.807, 2.05) is 13.8 Å². The van der Waals surface area contributed by atoms with E-state index < -0.39 is 0 Å². The van der Waals surface area contributed by atoms with Gasteiger partial charge in [-0.1, -0.05) is 5.16 Å². The fourth-order valence-electron chi connectivity index (χ4n) is 0.871. The van der Waals surface area contributed by atoms with Gasteiger partial charge >= 0.3 is 0 Å². The molecule has 0 spiro atoms. The van der Waals surface area contributed by atoms with Gasteiger partial charge in [-0.05, 0) is 27.2 Å². The zero-order valence-electron chi connectivity index (χ0n) is 7.79. The van der Waals surface area contributed by atoms with Crippen LogP contribution >= 0.6 is 0 Å². The van der Waals surface area contributed by atoms with Gasteiger partial charge in [-0.3, -0.25) is 0 Å². The second-order valence-corrected chi connectivity index (χ2v) is 3.72. The van der Waals surface area contributed by atoms with Gasteiger partial charge in [0.15, 0.2) is 5.82 Å². The molecular weight excluding hydrogens is 154 g/mol. The smallest absolute Gasteiger partial charge is 0.226 e. The molecule has 1 aromatic heterocycles. The third-order valence-electron chi connectivity index (χ3n) is 1.55. The second-order valence-electron chi connectivity index (χ2n) is 3.72. The minimum atomic E-state index is -0.164. The van der Waals surface area contributed by atoms with Crippen LogP contribution < -0.4 is 5.73 Å². The Labute approximate surface area is 72.1 Å². The fourth-order valence-corrected chi connectivity index (χ4v) is 0.871. The Morgan fingerprint density at radius 3 is 2.58 bits per heavy atom. The minimum Gasteiger partial charge on any atom is -0.339 e. The lowest BCUT2D eigenvalue weighted by Gasteiger charge is -2.16. The van der Waals surface area contributed by atoms with E-state index in [1.165, 1.54) is 0 Å². The molecule has 0 amide bonds. The van der Waals surface area contributed by atoms with Crippen molar-refractivity contribution in [2.75, 3.05) is 0 Å². The summed E-state index contributed by atoms with van der Waals surface area (Å²) in [6.45, 7) is 5.77. The monoisotopic (exact) mass is 169 g/mol. The van der Waals surface area contributed by atoms with Crippen LogP contribution in [0.5, 0.6) is 0 Å². The zero-order valence-corrected chi connectivity index (χ0v) is 7.79. The summed E-state index contributed by atoms with van der Waals surface area (Å²) in [4.78, 5) is 4.08. The van der Waals surface area contributed by atoms with Crippen molar-refractivity contribution in [1.29, 1.82) is 0 Å². The molecule has 68 valence electrons. The molecular formula is C8H15N3O. The highest BCUT2D eigenvalue weighted by Crippen LogP contribution is 2.08. The van der Waals surface area contributed by atoms with Crippen LogP contribution in [0.3, 0.4) is 0 Å². The van der Waals surface area contributed by atoms with E-state index >= 15 is 0 Å². The highest BCUT2D eigenvalue weighted by molar-refractivity contribution is 4.85. The maximum Gasteiger partial charge on any atom is 0.226 e. The summed E-state index contributed by atoms with van der Waals surface area (Å²) in [5.74, 6) is 1.35. The fraction of sp³-hybridized carbons (Fsp3) is 0.750. The molecule has 1 rings (SSSR count). The normalized spacial score (nSPS) is 12.0. The highest BCUT2D eigenvalue weighted by atomic mass is 16.5. The standard InChI is InChI=1S/C8H15N3O/c1-6-10-7(12-11-6)4-5-8(2,3)9/h4-5,9H2,1-3H3. The summed E-state index contributed by atoms with van der Waals surface area (Å²) in [5.41, 5.74) is 5.64. The number of nitrogens with two attached hydrogens (primary N) is 1. The molecule has 0 aliphatic rings. The van der Waals surface area contributed by atoms with Crippen molar-refractivity contribution >= 4 is 0 Å². The molecule has 0 saturated heterocycles. The van der Waals surface area contributed by atoms with Crippen molar-refractivity contribution in [2.45, 2.75) is 39.2 Å². The third kappa shape index (κ3) is 3.00. The molecule has 12 heavy (non-hydrogen) atoms. The first-order valence-electron chi connectivity index (χ1n) is 4.05. The molecule has 0 fully saturated rings. The first kappa shape index (κ1) is 9.19. The highest BCUT2D eigenvalue weighted by Gasteiger charge is 2.12. The average Bonchev–Trinajstić information content (AvgIpc) is 2.30. The van der Waals surface area contributed by atoms with E-state index in [0.29, 0.717) is 11.7 Å². The third-order valence-corrected chi connectivity index (χ3v) is 1.55. The maximum absolute atomic E-state index is 5.80. The quantitative estimate of drug-likeness (QED) is 0.734. The number of aryl methyl sites for hydroxylation is 2. The van der Waals surface area contributed by atoms with Crippen molar-refractivity contribution < 1.29 is 4.52 Å². The van der Waals surface area contributed by atoms with Crippen LogP contribution in [0, 0.1) is 6.92 Å². The Bertz CT molecular complexity index is 249. The van der Waals surface area contributed by atoms with E-state index in [2.05, 4.69) is 10.1 Å². The second kappa shape index (κ2) is 3.23. The number of hydrogen-bond donors (Lipinski definition) is 1. The zero-order chi connectivity index (χ0) is 9.19. The Balaban J connectivity index is 2.44. The minimum absolute atomic E-state index is 0.164. The van der Waals surface area contributed by atoms with Crippen molar-refractivity contribution in [3.8, 4) is 0 Å². The van der Waals surface area contributed by atoms with Gasteiger partial charge in [-0.2, -0.15) is 4.98 Å². The number of rotatable bonds is 3. The van der Waals surface area contributed by atoms with Crippen LogP contribution in [0.1, 0.15) is 32.0 Å². The largest absolute Gasteiger partial charge is 0.339 e. The van der Waals surface area contributed by atoms with E-state index in [0.717, 1.165) is 12.8 Å². The average molecular weight is 169 g/mol. The van der Waals surface area contributed by atoms with Gasteiger partial charge in [-0.15, -0.1) is 0 Å². The first-order chi connectivity index (χ1) is 5.47. The Morgan fingerprint density at radius 2 is 2.17 bits per heavy atom. The number of hydrogen-bond acceptors (Lipinski definition) is 4. The van der Waals surface area contributed by atoms with Crippen LogP contribution in [0.4, 0.5) is 0 Å². The molecule has 0 aliphatic carbocycles. The summed E-state index contributed by atoms with van der Waals surface area (Å²) in [6.07, 6.45) is 1.61. The topological polar surface area (TPSA) is 64.9 Å². The predicted octanol–water partition coefficient (Wildman–Crippen LogP) is 1.05. The number of nitrogens with zero attached hydrogens (tertiary/aromatic N) is 2. The molecule has 0 aliphatic heterocycles. The Kier molecular flexibility index (Phi) is 2.47. The van der Waals surface area contributed by atoms with E-state index in [4.69, 9.17) is 10.3 Å². The molecule has 0 saturated carbocycles. The molecule has 0 radical (unpaired) electrons. The van der Waals surface area contributed by atoms with Crippen LogP contribution in [0.25, 0.3) is 0 Å². The van der Waals surface area contributed by atoms with Crippen LogP contribution in [0.15, 0.2) is 4.52 Å². The Hall–Kier alpha value is -0.900. The lowest BCUT2D eigenvalue weighted by atomic mass is 10.0. The summed E-state index contributed by atoms with van der Waals surface area (Å²) >= 11 is 0. The van der Waals surface area contributed by atoms with Crippen molar-refractivity contribution in [3.05, 3.63) is 11.7 Å². The van der Waals surface area contributed by atoms with E-state index in [9.17, 15) is 0 Å². The lowest BCUT2D eigenvalue weighted by Crippen LogP contribution is -2.32. The lowest BCUT2D eigenvalue weighted by molar-refractivity contribution is 0.355. The molecule has 4 heteroatoms. The first-order valence-corrected chi connectivity index (χ1v) is 4.05. The number of aromatic nitrogens is 2. The predicted molar refractivity (Wildman–Crippen MR) is 45.6 cm³/mol. The van der Waals surface area contributed by atoms with Gasteiger partial charge in [-0.25, -0.2) is 0 Å². The molecule has 4 nitrogen and oxygen atoms in total. The SMILES string of the molecule is Cc1noc(CCC(C)(C)N)n1. The van der Waals surface area contributed by atoms with E-state index in [1.54, 1.807) is 6.92 Å². The van der Waals surface area contributed by atoms with Gasteiger partial charge < -0.3 is 10.3 Å². The molecule has 0 aromatic carbocycles. The van der Waals surface area contributed by atoms with Gasteiger partial charge in [0.2, 0.25) is 5.89 Å². The van der Waals surface area contributed by atoms with Crippen LogP contribution in [0.2, 0.25) is 0 Å². The molecule has 0 unspecified atom stereocenters. The Morgan fingerprint density at radius 1 is 1.50 bits per heavy atom. The van der Waals surface area contributed by atoms with Gasteiger partial charge in [0, 0.05) is 12.0 Å². The summed E-state index contributed by atoms with van der Waals surface area (Å²) in [7, 11) is 0. The molecule has 2 N–H and O–H groups in total. The molecule has 0 atom stereocenters. The summed E-state index contributed by atoms with van der Waals surface area (Å²) in [5, 5.41) is 3.69. The summed E-state index contributed by atoms with van der Waals surface area (Å²) in [6, 6.07) is 0. The van der Waals surface area contributed by atoms with Crippen molar-refractivity contribution in [1.82, 2.24) is 10.1 Å².